The van der Waals surface area contributed by atoms with Crippen molar-refractivity contribution in [2.75, 3.05) is 18.9 Å². The van der Waals surface area contributed by atoms with Gasteiger partial charge in [-0.25, -0.2) is 4.79 Å². The quantitative estimate of drug-likeness (QED) is 0.333. The van der Waals surface area contributed by atoms with Crippen LogP contribution in [0.3, 0.4) is 0 Å². The first-order chi connectivity index (χ1) is 14.7. The van der Waals surface area contributed by atoms with E-state index in [0.29, 0.717) is 23.8 Å². The molecule has 0 bridgehead atoms. The summed E-state index contributed by atoms with van der Waals surface area (Å²) in [6.45, 7) is 0.625. The molecule has 2 heterocycles. The van der Waals surface area contributed by atoms with Crippen LogP contribution >= 0.6 is 15.9 Å². The molecule has 0 spiro atoms. The topological polar surface area (TPSA) is 43.7 Å². The van der Waals surface area contributed by atoms with Gasteiger partial charge in [0.2, 0.25) is 0 Å². The number of fused-ring (bicyclic) bond motifs is 3. The number of halogens is 1. The Hall–Kier alpha value is -2.99. The van der Waals surface area contributed by atoms with Crippen LogP contribution in [-0.2, 0) is 4.74 Å². The van der Waals surface area contributed by atoms with E-state index in [9.17, 15) is 4.79 Å². The normalized spacial score (nSPS) is 12.5. The molecule has 0 unspecified atom stereocenters. The zero-order chi connectivity index (χ0) is 20.9. The van der Waals surface area contributed by atoms with Gasteiger partial charge in [-0.15, -0.1) is 0 Å². The van der Waals surface area contributed by atoms with Crippen molar-refractivity contribution in [3.63, 3.8) is 0 Å². The minimum Gasteiger partial charge on any atom is -0.451 e. The first kappa shape index (κ1) is 20.3. The zero-order valence-electron chi connectivity index (χ0n) is 16.8. The number of carbonyl (C=O) groups is 1. The van der Waals surface area contributed by atoms with Crippen molar-refractivity contribution in [2.45, 2.75) is 12.8 Å². The van der Waals surface area contributed by atoms with Gasteiger partial charge in [0.1, 0.15) is 0 Å². The van der Waals surface area contributed by atoms with Gasteiger partial charge in [0.15, 0.2) is 17.3 Å². The van der Waals surface area contributed by atoms with Crippen molar-refractivity contribution in [3.8, 4) is 11.4 Å². The first-order valence-corrected chi connectivity index (χ1v) is 11.0. The number of hydrogen-bond donors (Lipinski definition) is 0. The van der Waals surface area contributed by atoms with Crippen molar-refractivity contribution in [3.05, 3.63) is 84.2 Å². The van der Waals surface area contributed by atoms with E-state index >= 15 is 0 Å². The number of carbonyl (C=O) groups excluding carboxylic acids is 1. The second-order valence-corrected chi connectivity index (χ2v) is 7.84. The number of rotatable bonds is 6. The molecule has 3 aromatic rings. The van der Waals surface area contributed by atoms with E-state index < -0.39 is 6.09 Å². The number of aromatic nitrogens is 1. The summed E-state index contributed by atoms with van der Waals surface area (Å²) in [6.07, 6.45) is 3.44. The molecule has 1 amide bonds. The lowest BCUT2D eigenvalue weighted by Gasteiger charge is -2.19. The van der Waals surface area contributed by atoms with Gasteiger partial charge in [-0.05, 0) is 37.1 Å². The van der Waals surface area contributed by atoms with Crippen LogP contribution in [-0.4, -0.2) is 34.5 Å². The summed E-state index contributed by atoms with van der Waals surface area (Å²) in [4.78, 5) is 14.5. The average Bonchev–Trinajstić information content (AvgIpc) is 3.22. The Labute approximate surface area is 184 Å². The summed E-state index contributed by atoms with van der Waals surface area (Å²) in [5, 5.41) is 0.915. The highest BCUT2D eigenvalue weighted by Crippen LogP contribution is 2.38. The molecule has 0 saturated heterocycles. The molecule has 1 aliphatic rings. The fourth-order valence-corrected chi connectivity index (χ4v) is 3.77. The lowest BCUT2D eigenvalue weighted by Crippen LogP contribution is -2.28. The predicted molar refractivity (Wildman–Crippen MR) is 122 cm³/mol. The minimum absolute atomic E-state index is 0.403. The summed E-state index contributed by atoms with van der Waals surface area (Å²) in [5.74, 6) is 1.62. The molecule has 1 aliphatic heterocycles. The zero-order valence-corrected chi connectivity index (χ0v) is 18.3. The smallest absolute Gasteiger partial charge is 0.415 e. The number of alkyl halides is 1. The molecule has 0 radical (unpaired) electrons. The molecule has 0 saturated carbocycles. The number of amides is 1. The molecule has 0 aliphatic carbocycles. The molecule has 0 N–H and O–H groups in total. The molecule has 0 atom stereocenters. The number of nitrogens with zero attached hydrogens (tertiary/aromatic N) is 2. The van der Waals surface area contributed by atoms with E-state index in [1.165, 1.54) is 0 Å². The number of unbranched alkanes of at least 4 members (excludes halogenated alkanes) is 1. The van der Waals surface area contributed by atoms with E-state index in [1.54, 1.807) is 11.9 Å². The summed E-state index contributed by atoms with van der Waals surface area (Å²) in [7, 11) is 1.75. The van der Waals surface area contributed by atoms with Crippen LogP contribution in [0.25, 0.3) is 17.2 Å². The van der Waals surface area contributed by atoms with Crippen LogP contribution in [0.4, 0.5) is 4.79 Å². The molecule has 2 aromatic carbocycles. The van der Waals surface area contributed by atoms with E-state index in [0.717, 1.165) is 35.1 Å². The fourth-order valence-electron chi connectivity index (χ4n) is 3.37. The first-order valence-electron chi connectivity index (χ1n) is 9.92. The molecule has 154 valence electrons. The van der Waals surface area contributed by atoms with Gasteiger partial charge >= 0.3 is 6.09 Å². The molecular weight excluding hydrogens is 444 g/mol. The second kappa shape index (κ2) is 9.22. The average molecular weight is 467 g/mol. The molecule has 4 rings (SSSR count). The summed E-state index contributed by atoms with van der Waals surface area (Å²) in [5.41, 5.74) is 2.50. The van der Waals surface area contributed by atoms with Gasteiger partial charge in [-0.1, -0.05) is 58.4 Å². The lowest BCUT2D eigenvalue weighted by atomic mass is 10.1. The highest BCUT2D eigenvalue weighted by molar-refractivity contribution is 9.09. The lowest BCUT2D eigenvalue weighted by molar-refractivity contribution is 0.152. The van der Waals surface area contributed by atoms with Gasteiger partial charge in [-0.3, -0.25) is 0 Å². The van der Waals surface area contributed by atoms with Gasteiger partial charge in [0.05, 0.1) is 11.4 Å². The van der Waals surface area contributed by atoms with Gasteiger partial charge < -0.3 is 18.9 Å². The summed E-state index contributed by atoms with van der Waals surface area (Å²) < 4.78 is 14.3. The monoisotopic (exact) mass is 466 g/mol. The Balaban J connectivity index is 1.77. The Morgan fingerprint density at radius 1 is 1.03 bits per heavy atom. The van der Waals surface area contributed by atoms with E-state index in [1.807, 2.05) is 77.5 Å². The molecule has 1 aromatic heterocycles. The van der Waals surface area contributed by atoms with Crippen molar-refractivity contribution in [2.24, 2.45) is 0 Å². The van der Waals surface area contributed by atoms with Crippen molar-refractivity contribution in [1.82, 2.24) is 9.47 Å². The third-order valence-electron chi connectivity index (χ3n) is 4.94. The SMILES string of the molecule is CN(CCCCBr)C(=O)OC1=C(c2ccccc2)Oc2ccccc2-n2cccc21. The van der Waals surface area contributed by atoms with E-state index in [4.69, 9.17) is 9.47 Å². The van der Waals surface area contributed by atoms with Gasteiger partial charge in [-0.2, -0.15) is 0 Å². The third kappa shape index (κ3) is 4.14. The molecule has 5 nitrogen and oxygen atoms in total. The highest BCUT2D eigenvalue weighted by Gasteiger charge is 2.27. The maximum absolute atomic E-state index is 12.9. The van der Waals surface area contributed by atoms with Crippen LogP contribution < -0.4 is 4.74 Å². The Morgan fingerprint density at radius 3 is 2.60 bits per heavy atom. The molecular formula is C24H23BrN2O3. The fraction of sp³-hybridized carbons (Fsp3) is 0.208. The third-order valence-corrected chi connectivity index (χ3v) is 5.50. The standard InChI is InChI=1S/C24H23BrN2O3/c1-26(16-8-7-15-25)24(28)30-23-20-13-9-17-27(20)19-12-5-6-14-21(19)29-22(23)18-10-3-2-4-11-18/h2-6,9-14,17H,7-8,15-16H2,1H3. The predicted octanol–water partition coefficient (Wildman–Crippen LogP) is 5.94. The van der Waals surface area contributed by atoms with Crippen LogP contribution in [0.2, 0.25) is 0 Å². The molecule has 0 fully saturated rings. The number of hydrogen-bond acceptors (Lipinski definition) is 3. The summed E-state index contributed by atoms with van der Waals surface area (Å²) in [6, 6.07) is 21.4. The maximum atomic E-state index is 12.9. The minimum atomic E-state index is -0.407. The Kier molecular flexibility index (Phi) is 6.23. The molecule has 6 heteroatoms. The van der Waals surface area contributed by atoms with E-state index in [-0.39, 0.29) is 0 Å². The number of benzene rings is 2. The second-order valence-electron chi connectivity index (χ2n) is 7.04. The van der Waals surface area contributed by atoms with Gasteiger partial charge in [0.25, 0.3) is 0 Å². The largest absolute Gasteiger partial charge is 0.451 e. The summed E-state index contributed by atoms with van der Waals surface area (Å²) >= 11 is 3.42. The van der Waals surface area contributed by atoms with Crippen molar-refractivity contribution >= 4 is 33.5 Å². The van der Waals surface area contributed by atoms with Crippen LogP contribution in [0.5, 0.6) is 5.75 Å². The van der Waals surface area contributed by atoms with Crippen LogP contribution in [0.1, 0.15) is 24.1 Å². The van der Waals surface area contributed by atoms with Crippen LogP contribution in [0, 0.1) is 0 Å². The Morgan fingerprint density at radius 2 is 1.80 bits per heavy atom. The van der Waals surface area contributed by atoms with Crippen molar-refractivity contribution < 1.29 is 14.3 Å². The molecule has 30 heavy (non-hydrogen) atoms. The maximum Gasteiger partial charge on any atom is 0.415 e. The van der Waals surface area contributed by atoms with E-state index in [2.05, 4.69) is 15.9 Å². The highest BCUT2D eigenvalue weighted by atomic mass is 79.9. The van der Waals surface area contributed by atoms with Crippen LogP contribution in [0.15, 0.2) is 72.9 Å². The number of ether oxygens (including phenoxy) is 2. The number of para-hydroxylation sites is 2. The van der Waals surface area contributed by atoms with Crippen molar-refractivity contribution in [1.29, 1.82) is 0 Å². The Bertz CT molecular complexity index is 1060. The van der Waals surface area contributed by atoms with Gasteiger partial charge in [0, 0.05) is 30.7 Å².